The summed E-state index contributed by atoms with van der Waals surface area (Å²) in [6, 6.07) is 7.48. The normalized spacial score (nSPS) is 19.7. The average Bonchev–Trinajstić information content (AvgIpc) is 2.34. The third kappa shape index (κ3) is 1.69. The van der Waals surface area contributed by atoms with Gasteiger partial charge in [0.2, 0.25) is 0 Å². The Balaban J connectivity index is 1.71. The van der Waals surface area contributed by atoms with Gasteiger partial charge in [-0.1, -0.05) is 0 Å². The Hall–Kier alpha value is -1.75. The maximum Gasteiger partial charge on any atom is 0.336 e. The van der Waals surface area contributed by atoms with Crippen LogP contribution in [0.25, 0.3) is 10.9 Å². The van der Waals surface area contributed by atoms with Gasteiger partial charge in [0, 0.05) is 30.4 Å². The Morgan fingerprint density at radius 1 is 1.35 bits per heavy atom. The number of carbonyl (C=O) groups is 1. The fourth-order valence-corrected chi connectivity index (χ4v) is 4.27. The van der Waals surface area contributed by atoms with E-state index >= 15 is 0 Å². The molecule has 1 N–H and O–H groups in total. The van der Waals surface area contributed by atoms with Crippen LogP contribution in [0.1, 0.15) is 16.8 Å². The van der Waals surface area contributed by atoms with Crippen LogP contribution in [0.4, 0.5) is 5.69 Å². The van der Waals surface area contributed by atoms with Gasteiger partial charge in [0.25, 0.3) is 0 Å². The number of aromatic nitrogens is 1. The summed E-state index contributed by atoms with van der Waals surface area (Å²) in [5.41, 5.74) is 2.16. The summed E-state index contributed by atoms with van der Waals surface area (Å²) in [6.07, 6.45) is 2.86. The second kappa shape index (κ2) is 4.12. The van der Waals surface area contributed by atoms with Crippen molar-refractivity contribution in [1.29, 1.82) is 0 Å². The third-order valence-electron chi connectivity index (χ3n) is 4.24. The SMILES string of the molecule is O=C(O)c1ccnc2ccc(N3CC4(CCS4)C3)cc12. The van der Waals surface area contributed by atoms with Crippen molar-refractivity contribution >= 4 is 34.3 Å². The van der Waals surface area contributed by atoms with Gasteiger partial charge in [-0.3, -0.25) is 4.98 Å². The quantitative estimate of drug-likeness (QED) is 0.919. The number of nitrogens with zero attached hydrogens (tertiary/aromatic N) is 2. The van der Waals surface area contributed by atoms with Crippen LogP contribution in [0.15, 0.2) is 30.5 Å². The van der Waals surface area contributed by atoms with E-state index in [4.69, 9.17) is 0 Å². The van der Waals surface area contributed by atoms with Crippen LogP contribution >= 0.6 is 11.8 Å². The van der Waals surface area contributed by atoms with Gasteiger partial charge in [0.15, 0.2) is 0 Å². The van der Waals surface area contributed by atoms with Crippen molar-refractivity contribution in [1.82, 2.24) is 4.98 Å². The van der Waals surface area contributed by atoms with Crippen molar-refractivity contribution in [2.45, 2.75) is 11.2 Å². The fourth-order valence-electron chi connectivity index (χ4n) is 2.99. The van der Waals surface area contributed by atoms with Crippen LogP contribution in [0.2, 0.25) is 0 Å². The Morgan fingerprint density at radius 3 is 2.80 bits per heavy atom. The molecule has 2 saturated heterocycles. The predicted molar refractivity (Wildman–Crippen MR) is 80.7 cm³/mol. The molecule has 0 atom stereocenters. The Morgan fingerprint density at radius 2 is 2.15 bits per heavy atom. The van der Waals surface area contributed by atoms with Gasteiger partial charge in [0.05, 0.1) is 15.8 Å². The summed E-state index contributed by atoms with van der Waals surface area (Å²) >= 11 is 2.06. The molecule has 1 aromatic heterocycles. The number of thioether (sulfide) groups is 1. The van der Waals surface area contributed by atoms with Crippen LogP contribution in [-0.2, 0) is 0 Å². The van der Waals surface area contributed by atoms with E-state index in [2.05, 4.69) is 21.6 Å². The number of hydrogen-bond acceptors (Lipinski definition) is 4. The molecule has 2 aromatic rings. The minimum Gasteiger partial charge on any atom is -0.478 e. The minimum absolute atomic E-state index is 0.324. The summed E-state index contributed by atoms with van der Waals surface area (Å²) in [5.74, 6) is 0.378. The van der Waals surface area contributed by atoms with Crippen LogP contribution in [-0.4, -0.2) is 39.6 Å². The highest BCUT2D eigenvalue weighted by atomic mass is 32.2. The lowest BCUT2D eigenvalue weighted by atomic mass is 9.93. The first-order valence-electron chi connectivity index (χ1n) is 6.68. The van der Waals surface area contributed by atoms with E-state index in [1.807, 2.05) is 18.2 Å². The zero-order valence-corrected chi connectivity index (χ0v) is 11.7. The van der Waals surface area contributed by atoms with Gasteiger partial charge in [0.1, 0.15) is 0 Å². The maximum absolute atomic E-state index is 11.3. The average molecular weight is 286 g/mol. The molecular weight excluding hydrogens is 272 g/mol. The molecule has 0 saturated carbocycles. The molecule has 102 valence electrons. The van der Waals surface area contributed by atoms with E-state index in [0.29, 0.717) is 10.3 Å². The zero-order chi connectivity index (χ0) is 13.7. The summed E-state index contributed by atoms with van der Waals surface area (Å²) in [5, 5.41) is 9.99. The standard InChI is InChI=1S/C15H14N2O2S/c18-14(19)11-3-5-16-13-2-1-10(7-12(11)13)17-8-15(9-17)4-6-20-15/h1-3,5,7H,4,6,8-9H2,(H,18,19). The third-order valence-corrected chi connectivity index (χ3v) is 5.73. The number of fused-ring (bicyclic) bond motifs is 1. The van der Waals surface area contributed by atoms with Crippen molar-refractivity contribution in [3.63, 3.8) is 0 Å². The topological polar surface area (TPSA) is 53.4 Å². The lowest BCUT2D eigenvalue weighted by Gasteiger charge is -2.56. The van der Waals surface area contributed by atoms with Gasteiger partial charge in [-0.05, 0) is 36.4 Å². The number of aromatic carboxylic acids is 1. The molecular formula is C15H14N2O2S. The fraction of sp³-hybridized carbons (Fsp3) is 0.333. The first-order valence-corrected chi connectivity index (χ1v) is 7.66. The molecule has 0 radical (unpaired) electrons. The first kappa shape index (κ1) is 12.0. The number of pyridine rings is 1. The van der Waals surface area contributed by atoms with E-state index in [1.165, 1.54) is 12.2 Å². The van der Waals surface area contributed by atoms with Crippen LogP contribution in [0.5, 0.6) is 0 Å². The summed E-state index contributed by atoms with van der Waals surface area (Å²) in [7, 11) is 0. The zero-order valence-electron chi connectivity index (χ0n) is 10.9. The van der Waals surface area contributed by atoms with Crippen molar-refractivity contribution in [2.24, 2.45) is 0 Å². The minimum atomic E-state index is -0.899. The monoisotopic (exact) mass is 286 g/mol. The molecule has 4 nitrogen and oxygen atoms in total. The van der Waals surface area contributed by atoms with E-state index in [9.17, 15) is 9.90 Å². The van der Waals surface area contributed by atoms with Gasteiger partial charge in [-0.2, -0.15) is 11.8 Å². The van der Waals surface area contributed by atoms with Crippen molar-refractivity contribution < 1.29 is 9.90 Å². The van der Waals surface area contributed by atoms with Crippen LogP contribution < -0.4 is 4.90 Å². The number of carboxylic acids is 1. The predicted octanol–water partition coefficient (Wildman–Crippen LogP) is 2.63. The lowest BCUT2D eigenvalue weighted by molar-refractivity contribution is 0.0699. The number of hydrogen-bond donors (Lipinski definition) is 1. The molecule has 20 heavy (non-hydrogen) atoms. The number of benzene rings is 1. The van der Waals surface area contributed by atoms with E-state index < -0.39 is 5.97 Å². The first-order chi connectivity index (χ1) is 9.67. The van der Waals surface area contributed by atoms with Gasteiger partial charge < -0.3 is 10.0 Å². The maximum atomic E-state index is 11.3. The molecule has 1 aromatic carbocycles. The molecule has 5 heteroatoms. The highest BCUT2D eigenvalue weighted by molar-refractivity contribution is 8.02. The smallest absolute Gasteiger partial charge is 0.336 e. The molecule has 2 fully saturated rings. The second-order valence-electron chi connectivity index (χ2n) is 5.50. The molecule has 0 aliphatic carbocycles. The molecule has 2 aliphatic heterocycles. The van der Waals surface area contributed by atoms with Crippen LogP contribution in [0, 0.1) is 0 Å². The second-order valence-corrected chi connectivity index (χ2v) is 7.07. The summed E-state index contributed by atoms with van der Waals surface area (Å²) < 4.78 is 0.486. The number of carboxylic acid groups (broad SMARTS) is 1. The van der Waals surface area contributed by atoms with Crippen molar-refractivity contribution in [2.75, 3.05) is 23.7 Å². The summed E-state index contributed by atoms with van der Waals surface area (Å²) in [6.45, 7) is 2.15. The highest BCUT2D eigenvalue weighted by Crippen LogP contribution is 2.48. The Kier molecular flexibility index (Phi) is 2.48. The number of rotatable bonds is 2. The van der Waals surface area contributed by atoms with Gasteiger partial charge >= 0.3 is 5.97 Å². The van der Waals surface area contributed by atoms with Gasteiger partial charge in [-0.15, -0.1) is 0 Å². The van der Waals surface area contributed by atoms with Crippen molar-refractivity contribution in [3.8, 4) is 0 Å². The molecule has 0 bridgehead atoms. The van der Waals surface area contributed by atoms with Gasteiger partial charge in [-0.25, -0.2) is 4.79 Å². The largest absolute Gasteiger partial charge is 0.478 e. The summed E-state index contributed by atoms with van der Waals surface area (Å²) in [4.78, 5) is 17.9. The lowest BCUT2D eigenvalue weighted by Crippen LogP contribution is -2.63. The molecule has 2 aliphatic rings. The molecule has 4 rings (SSSR count). The molecule has 0 unspecified atom stereocenters. The van der Waals surface area contributed by atoms with E-state index in [-0.39, 0.29) is 0 Å². The highest BCUT2D eigenvalue weighted by Gasteiger charge is 2.48. The molecule has 1 spiro atoms. The molecule has 0 amide bonds. The molecule has 3 heterocycles. The van der Waals surface area contributed by atoms with E-state index in [0.717, 1.165) is 29.7 Å². The number of anilines is 1. The van der Waals surface area contributed by atoms with Crippen LogP contribution in [0.3, 0.4) is 0 Å². The Bertz CT molecular complexity index is 704. The van der Waals surface area contributed by atoms with Crippen molar-refractivity contribution in [3.05, 3.63) is 36.0 Å². The Labute approximate surface area is 120 Å². The van der Waals surface area contributed by atoms with E-state index in [1.54, 1.807) is 12.3 Å².